The second-order valence-corrected chi connectivity index (χ2v) is 1.12. The van der Waals surface area contributed by atoms with Crippen LogP contribution in [0.25, 0.3) is 0 Å². The monoisotopic (exact) mass is 171 g/mol. The summed E-state index contributed by atoms with van der Waals surface area (Å²) in [6.45, 7) is 0.361. The normalized spacial score (nSPS) is 8.57. The van der Waals surface area contributed by atoms with E-state index in [1.807, 2.05) is 0 Å². The molecule has 46 valence electrons. The number of hydrogen-bond acceptors (Lipinski definition) is 2. The fourth-order valence-corrected chi connectivity index (χ4v) is 0.211. The zero-order chi connectivity index (χ0) is 4.99. The van der Waals surface area contributed by atoms with E-state index in [1.165, 1.54) is 0 Å². The largest absolute Gasteiger partial charge is 1.00 e. The third kappa shape index (κ3) is 10.7. The topological polar surface area (TPSA) is 57.1 Å². The Balaban J connectivity index is 0. The van der Waals surface area contributed by atoms with Gasteiger partial charge >= 0.3 is 0 Å². The van der Waals surface area contributed by atoms with Crippen LogP contribution in [0.4, 0.5) is 0 Å². The van der Waals surface area contributed by atoms with Gasteiger partial charge in [-0.05, 0) is 0 Å². The molecule has 0 saturated heterocycles. The van der Waals surface area contributed by atoms with Gasteiger partial charge in [0, 0.05) is 0 Å². The van der Waals surface area contributed by atoms with Crippen molar-refractivity contribution in [1.29, 1.82) is 0 Å². The molecule has 0 fully saturated rings. The average molecular weight is 172 g/mol. The van der Waals surface area contributed by atoms with Crippen LogP contribution in [-0.2, 0) is 0 Å². The smallest absolute Gasteiger partial charge is 0.202 e. The Morgan fingerprint density at radius 3 is 2.00 bits per heavy atom. The second-order valence-electron chi connectivity index (χ2n) is 1.12. The molecule has 0 atom stereocenters. The van der Waals surface area contributed by atoms with Gasteiger partial charge in [0.2, 0.25) is 6.29 Å². The van der Waals surface area contributed by atoms with Gasteiger partial charge in [-0.15, -0.1) is 0 Å². The molecule has 0 aliphatic carbocycles. The number of aliphatic hydroxyl groups excluding tert-OH is 1. The van der Waals surface area contributed by atoms with Gasteiger partial charge in [-0.3, -0.25) is 0 Å². The van der Waals surface area contributed by atoms with E-state index in [4.69, 9.17) is 10.2 Å². The van der Waals surface area contributed by atoms with Crippen molar-refractivity contribution < 1.29 is 32.5 Å². The number of quaternary nitrogens is 1. The van der Waals surface area contributed by atoms with Crippen LogP contribution in [0.15, 0.2) is 0 Å². The van der Waals surface area contributed by atoms with E-state index in [0.717, 1.165) is 0 Å². The van der Waals surface area contributed by atoms with Gasteiger partial charge in [0.1, 0.15) is 6.54 Å². The summed E-state index contributed by atoms with van der Waals surface area (Å²) in [6.07, 6.45) is -1.16. The van der Waals surface area contributed by atoms with E-state index in [1.54, 1.807) is 12.4 Å². The van der Waals surface area contributed by atoms with Gasteiger partial charge in [0.25, 0.3) is 0 Å². The molecule has 0 aliphatic heterocycles. The van der Waals surface area contributed by atoms with Crippen LogP contribution >= 0.6 is 0 Å². The van der Waals surface area contributed by atoms with E-state index < -0.39 is 6.29 Å². The lowest BCUT2D eigenvalue weighted by Gasteiger charge is -1.94. The first-order valence-electron chi connectivity index (χ1n) is 1.91. The van der Waals surface area contributed by atoms with Crippen LogP contribution in [0.5, 0.6) is 0 Å². The Kier molecular flexibility index (Phi) is 9.42. The highest BCUT2D eigenvalue weighted by Crippen LogP contribution is 1.57. The molecule has 0 aromatic carbocycles. The van der Waals surface area contributed by atoms with Crippen LogP contribution in [0.2, 0.25) is 0 Å². The van der Waals surface area contributed by atoms with Crippen molar-refractivity contribution in [3.63, 3.8) is 0 Å². The third-order valence-electron chi connectivity index (χ3n) is 0.447. The van der Waals surface area contributed by atoms with Crippen LogP contribution in [0.1, 0.15) is 0 Å². The van der Waals surface area contributed by atoms with Gasteiger partial charge in [-0.2, -0.15) is 0 Å². The highest BCUT2D eigenvalue weighted by Gasteiger charge is 1.91. The molecule has 0 spiro atoms. The van der Waals surface area contributed by atoms with E-state index in [-0.39, 0.29) is 17.0 Å². The molecule has 0 heterocycles. The first kappa shape index (κ1) is 10.4. The van der Waals surface area contributed by atoms with Crippen molar-refractivity contribution in [3.8, 4) is 0 Å². The predicted octanol–water partition coefficient (Wildman–Crippen LogP) is -5.51. The molecule has 3 nitrogen and oxygen atoms in total. The summed E-state index contributed by atoms with van der Waals surface area (Å²) in [5.41, 5.74) is 0. The fourth-order valence-electron chi connectivity index (χ4n) is 0.211. The summed E-state index contributed by atoms with van der Waals surface area (Å²) in [5.74, 6) is 0. The minimum absolute atomic E-state index is 0. The standard InChI is InChI=1S/C3H9NO2.BrH/c1-4-2-3(5)6;/h3-6H,2H2,1H3;1H. The van der Waals surface area contributed by atoms with Crippen molar-refractivity contribution in [2.45, 2.75) is 6.29 Å². The Hall–Kier alpha value is 0.360. The Labute approximate surface area is 53.1 Å². The molecule has 0 unspecified atom stereocenters. The van der Waals surface area contributed by atoms with Crippen molar-refractivity contribution in [2.75, 3.05) is 13.6 Å². The molecule has 0 aromatic heterocycles. The van der Waals surface area contributed by atoms with Crippen LogP contribution in [-0.4, -0.2) is 30.1 Å². The highest BCUT2D eigenvalue weighted by atomic mass is 79.9. The van der Waals surface area contributed by atoms with E-state index in [9.17, 15) is 0 Å². The number of rotatable bonds is 2. The number of halogens is 1. The van der Waals surface area contributed by atoms with E-state index >= 15 is 0 Å². The molecular formula is C3H10BrNO2. The zero-order valence-electron chi connectivity index (χ0n) is 4.13. The average Bonchev–Trinajstić information content (AvgIpc) is 1.35. The zero-order valence-corrected chi connectivity index (χ0v) is 5.72. The van der Waals surface area contributed by atoms with E-state index in [2.05, 4.69) is 0 Å². The minimum atomic E-state index is -1.16. The Morgan fingerprint density at radius 2 is 2.00 bits per heavy atom. The Morgan fingerprint density at radius 1 is 1.57 bits per heavy atom. The van der Waals surface area contributed by atoms with Crippen LogP contribution < -0.4 is 22.3 Å². The van der Waals surface area contributed by atoms with Crippen molar-refractivity contribution in [2.24, 2.45) is 0 Å². The minimum Gasteiger partial charge on any atom is -1.00 e. The number of aliphatic hydroxyl groups is 2. The van der Waals surface area contributed by atoms with Crippen molar-refractivity contribution >= 4 is 0 Å². The van der Waals surface area contributed by atoms with Gasteiger partial charge < -0.3 is 32.5 Å². The van der Waals surface area contributed by atoms with Crippen molar-refractivity contribution in [3.05, 3.63) is 0 Å². The first-order valence-corrected chi connectivity index (χ1v) is 1.91. The summed E-state index contributed by atoms with van der Waals surface area (Å²) in [7, 11) is 1.78. The molecule has 7 heavy (non-hydrogen) atoms. The molecular weight excluding hydrogens is 162 g/mol. The van der Waals surface area contributed by atoms with Crippen LogP contribution in [0.3, 0.4) is 0 Å². The lowest BCUT2D eigenvalue weighted by Crippen LogP contribution is -3.00. The van der Waals surface area contributed by atoms with Gasteiger partial charge in [-0.25, -0.2) is 0 Å². The van der Waals surface area contributed by atoms with Gasteiger partial charge in [0.05, 0.1) is 7.05 Å². The van der Waals surface area contributed by atoms with Crippen LogP contribution in [0, 0.1) is 0 Å². The molecule has 4 N–H and O–H groups in total. The summed E-state index contributed by atoms with van der Waals surface area (Å²) >= 11 is 0. The molecule has 0 radical (unpaired) electrons. The summed E-state index contributed by atoms with van der Waals surface area (Å²) in [4.78, 5) is 0. The SMILES string of the molecule is C[NH2+]CC(O)O.[Br-]. The first-order chi connectivity index (χ1) is 2.77. The van der Waals surface area contributed by atoms with E-state index in [0.29, 0.717) is 6.54 Å². The lowest BCUT2D eigenvalue weighted by molar-refractivity contribution is -0.640. The number of likely N-dealkylation sites (N-methyl/N-ethyl adjacent to an activating group) is 1. The number of nitrogens with two attached hydrogens (primary N) is 1. The third-order valence-corrected chi connectivity index (χ3v) is 0.447. The predicted molar refractivity (Wildman–Crippen MR) is 20.9 cm³/mol. The second kappa shape index (κ2) is 6.36. The lowest BCUT2D eigenvalue weighted by atomic mass is 10.6. The highest BCUT2D eigenvalue weighted by molar-refractivity contribution is 4.19. The molecule has 0 bridgehead atoms. The quantitative estimate of drug-likeness (QED) is 0.364. The summed E-state index contributed by atoms with van der Waals surface area (Å²) in [5, 5.41) is 17.9. The molecule has 0 aliphatic rings. The Bertz CT molecular complexity index is 34.1. The molecule has 0 aromatic rings. The van der Waals surface area contributed by atoms with Gasteiger partial charge in [0.15, 0.2) is 0 Å². The number of hydrogen-bond donors (Lipinski definition) is 3. The molecule has 0 rings (SSSR count). The molecule has 4 heteroatoms. The maximum absolute atomic E-state index is 8.08. The summed E-state index contributed by atoms with van der Waals surface area (Å²) < 4.78 is 0. The maximum atomic E-state index is 8.08. The fraction of sp³-hybridized carbons (Fsp3) is 1.00. The maximum Gasteiger partial charge on any atom is 0.202 e. The molecule has 0 amide bonds. The van der Waals surface area contributed by atoms with Gasteiger partial charge in [-0.1, -0.05) is 0 Å². The summed E-state index contributed by atoms with van der Waals surface area (Å²) in [6, 6.07) is 0. The molecule has 0 saturated carbocycles. The van der Waals surface area contributed by atoms with Crippen molar-refractivity contribution in [1.82, 2.24) is 0 Å².